The molecule has 1 unspecified atom stereocenters. The van der Waals surface area contributed by atoms with Crippen molar-refractivity contribution < 1.29 is 9.72 Å². The fraction of sp³-hybridized carbons (Fsp3) is 0.294. The molecule has 1 saturated heterocycles. The Kier molecular flexibility index (Phi) is 5.25. The van der Waals surface area contributed by atoms with Crippen LogP contribution in [-0.4, -0.2) is 33.8 Å². The number of nitro benzene ring substituents is 1. The topological polar surface area (TPSA) is 88.4 Å². The van der Waals surface area contributed by atoms with Crippen LogP contribution in [0.15, 0.2) is 42.7 Å². The van der Waals surface area contributed by atoms with Crippen LogP contribution in [0.1, 0.15) is 24.4 Å². The quantitative estimate of drug-likeness (QED) is 0.652. The van der Waals surface area contributed by atoms with Gasteiger partial charge in [0.05, 0.1) is 11.5 Å². The number of aromatic nitrogens is 1. The Balaban J connectivity index is 1.66. The van der Waals surface area contributed by atoms with Crippen molar-refractivity contribution in [3.63, 3.8) is 0 Å². The number of halogens is 1. The highest BCUT2D eigenvalue weighted by Crippen LogP contribution is 2.31. The Labute approximate surface area is 149 Å². The maximum atomic E-state index is 12.3. The molecule has 1 amide bonds. The molecule has 2 aromatic rings. The van der Waals surface area contributed by atoms with Gasteiger partial charge in [0, 0.05) is 30.2 Å². The summed E-state index contributed by atoms with van der Waals surface area (Å²) in [5.41, 5.74) is 1.22. The second-order valence-corrected chi connectivity index (χ2v) is 6.29. The van der Waals surface area contributed by atoms with E-state index < -0.39 is 4.92 Å². The van der Waals surface area contributed by atoms with E-state index in [1.165, 1.54) is 12.1 Å². The number of nitrogens with zero attached hydrogens (tertiary/aromatic N) is 3. The number of carbonyl (C=O) groups is 1. The molecule has 130 valence electrons. The Bertz CT molecular complexity index is 785. The lowest BCUT2D eigenvalue weighted by molar-refractivity contribution is -0.384. The lowest BCUT2D eigenvalue weighted by Crippen LogP contribution is -2.33. The fourth-order valence-electron chi connectivity index (χ4n) is 3.08. The van der Waals surface area contributed by atoms with Crippen molar-refractivity contribution in [1.29, 1.82) is 0 Å². The van der Waals surface area contributed by atoms with E-state index in [4.69, 9.17) is 11.6 Å². The molecule has 1 fully saturated rings. The molecule has 0 aliphatic carbocycles. The molecule has 0 bridgehead atoms. The summed E-state index contributed by atoms with van der Waals surface area (Å²) in [6, 6.07) is 8.29. The van der Waals surface area contributed by atoms with Crippen molar-refractivity contribution >= 4 is 28.9 Å². The summed E-state index contributed by atoms with van der Waals surface area (Å²) < 4.78 is 0. The number of benzene rings is 1. The highest BCUT2D eigenvalue weighted by molar-refractivity contribution is 6.32. The molecular formula is C17H17ClN4O3. The van der Waals surface area contributed by atoms with Crippen molar-refractivity contribution in [1.82, 2.24) is 9.88 Å². The van der Waals surface area contributed by atoms with Gasteiger partial charge < -0.3 is 5.32 Å². The average Bonchev–Trinajstić information content (AvgIpc) is 3.05. The van der Waals surface area contributed by atoms with Gasteiger partial charge in [0.1, 0.15) is 5.02 Å². The molecule has 25 heavy (non-hydrogen) atoms. The molecule has 8 heteroatoms. The monoisotopic (exact) mass is 360 g/mol. The SMILES string of the molecule is O=C(CN1CCCC1c1cccnc1)Nc1ccc(Cl)c([N+](=O)[O-])c1. The molecular weight excluding hydrogens is 344 g/mol. The van der Waals surface area contributed by atoms with E-state index in [1.807, 2.05) is 18.3 Å². The average molecular weight is 361 g/mol. The van der Waals surface area contributed by atoms with Gasteiger partial charge in [-0.25, -0.2) is 0 Å². The normalized spacial score (nSPS) is 17.4. The van der Waals surface area contributed by atoms with Crippen LogP contribution >= 0.6 is 11.6 Å². The van der Waals surface area contributed by atoms with Crippen molar-refractivity contribution in [2.45, 2.75) is 18.9 Å². The summed E-state index contributed by atoms with van der Waals surface area (Å²) in [6.45, 7) is 1.05. The van der Waals surface area contributed by atoms with Gasteiger partial charge in [-0.2, -0.15) is 0 Å². The van der Waals surface area contributed by atoms with Crippen LogP contribution in [0.25, 0.3) is 0 Å². The lowest BCUT2D eigenvalue weighted by atomic mass is 10.1. The van der Waals surface area contributed by atoms with E-state index in [-0.39, 0.29) is 29.2 Å². The number of carbonyl (C=O) groups excluding carboxylic acids is 1. The van der Waals surface area contributed by atoms with Crippen LogP contribution in [0.3, 0.4) is 0 Å². The van der Waals surface area contributed by atoms with E-state index in [0.717, 1.165) is 24.9 Å². The maximum Gasteiger partial charge on any atom is 0.289 e. The summed E-state index contributed by atoms with van der Waals surface area (Å²) in [5, 5.41) is 13.7. The molecule has 1 aliphatic heterocycles. The van der Waals surface area contributed by atoms with Crippen LogP contribution < -0.4 is 5.32 Å². The van der Waals surface area contributed by atoms with E-state index in [0.29, 0.717) is 5.69 Å². The first-order valence-corrected chi connectivity index (χ1v) is 8.30. The zero-order valence-corrected chi connectivity index (χ0v) is 14.1. The van der Waals surface area contributed by atoms with Crippen LogP contribution in [-0.2, 0) is 4.79 Å². The number of hydrogen-bond acceptors (Lipinski definition) is 5. The highest BCUT2D eigenvalue weighted by atomic mass is 35.5. The number of rotatable bonds is 5. The number of amides is 1. The fourth-order valence-corrected chi connectivity index (χ4v) is 3.27. The highest BCUT2D eigenvalue weighted by Gasteiger charge is 2.27. The van der Waals surface area contributed by atoms with Crippen molar-refractivity contribution in [3.05, 3.63) is 63.4 Å². The van der Waals surface area contributed by atoms with Gasteiger partial charge >= 0.3 is 0 Å². The van der Waals surface area contributed by atoms with Gasteiger partial charge in [0.25, 0.3) is 5.69 Å². The number of likely N-dealkylation sites (tertiary alicyclic amines) is 1. The third-order valence-corrected chi connectivity index (χ3v) is 4.53. The van der Waals surface area contributed by atoms with E-state index >= 15 is 0 Å². The van der Waals surface area contributed by atoms with Gasteiger partial charge in [-0.15, -0.1) is 0 Å². The standard InChI is InChI=1S/C17H17ClN4O3/c18-14-6-5-13(9-16(14)22(24)25)20-17(23)11-21-8-2-4-15(21)12-3-1-7-19-10-12/h1,3,5-7,9-10,15H,2,4,8,11H2,(H,20,23). The Morgan fingerprint density at radius 3 is 3.00 bits per heavy atom. The zero-order valence-electron chi connectivity index (χ0n) is 13.4. The molecule has 1 aliphatic rings. The summed E-state index contributed by atoms with van der Waals surface area (Å²) in [4.78, 5) is 28.9. The summed E-state index contributed by atoms with van der Waals surface area (Å²) in [5.74, 6) is -0.215. The molecule has 1 aromatic carbocycles. The second kappa shape index (κ2) is 7.58. The predicted octanol–water partition coefficient (Wildman–Crippen LogP) is 3.42. The van der Waals surface area contributed by atoms with Crippen LogP contribution in [0.2, 0.25) is 5.02 Å². The minimum absolute atomic E-state index is 0.0409. The largest absolute Gasteiger partial charge is 0.325 e. The van der Waals surface area contributed by atoms with Gasteiger partial charge in [0.2, 0.25) is 5.91 Å². The number of anilines is 1. The van der Waals surface area contributed by atoms with Crippen LogP contribution in [0.5, 0.6) is 0 Å². The molecule has 0 radical (unpaired) electrons. The van der Waals surface area contributed by atoms with Gasteiger partial charge in [-0.05, 0) is 43.1 Å². The van der Waals surface area contributed by atoms with Gasteiger partial charge in [-0.1, -0.05) is 17.7 Å². The molecule has 0 spiro atoms. The number of nitro groups is 1. The Morgan fingerprint density at radius 1 is 1.44 bits per heavy atom. The first-order valence-electron chi connectivity index (χ1n) is 7.92. The minimum atomic E-state index is -0.573. The third-order valence-electron chi connectivity index (χ3n) is 4.21. The molecule has 1 aromatic heterocycles. The third kappa shape index (κ3) is 4.12. The van der Waals surface area contributed by atoms with Crippen molar-refractivity contribution in [3.8, 4) is 0 Å². The molecule has 1 atom stereocenters. The molecule has 1 N–H and O–H groups in total. The van der Waals surface area contributed by atoms with Gasteiger partial charge in [-0.3, -0.25) is 24.8 Å². The zero-order chi connectivity index (χ0) is 17.8. The van der Waals surface area contributed by atoms with Crippen molar-refractivity contribution in [2.24, 2.45) is 0 Å². The first-order chi connectivity index (χ1) is 12.0. The Morgan fingerprint density at radius 2 is 2.28 bits per heavy atom. The first kappa shape index (κ1) is 17.3. The molecule has 2 heterocycles. The Hall–Kier alpha value is -2.51. The number of nitrogens with one attached hydrogen (secondary N) is 1. The lowest BCUT2D eigenvalue weighted by Gasteiger charge is -2.23. The summed E-state index contributed by atoms with van der Waals surface area (Å²) in [6.07, 6.45) is 5.54. The maximum absolute atomic E-state index is 12.3. The van der Waals surface area contributed by atoms with Crippen LogP contribution in [0.4, 0.5) is 11.4 Å². The van der Waals surface area contributed by atoms with E-state index in [1.54, 1.807) is 12.3 Å². The molecule has 3 rings (SSSR count). The predicted molar refractivity (Wildman–Crippen MR) is 94.5 cm³/mol. The second-order valence-electron chi connectivity index (χ2n) is 5.89. The number of pyridine rings is 1. The van der Waals surface area contributed by atoms with Gasteiger partial charge in [0.15, 0.2) is 0 Å². The van der Waals surface area contributed by atoms with E-state index in [2.05, 4.69) is 15.2 Å². The minimum Gasteiger partial charge on any atom is -0.325 e. The van der Waals surface area contributed by atoms with Crippen LogP contribution in [0, 0.1) is 10.1 Å². The smallest absolute Gasteiger partial charge is 0.289 e. The van der Waals surface area contributed by atoms with Crippen molar-refractivity contribution in [2.75, 3.05) is 18.4 Å². The van der Waals surface area contributed by atoms with E-state index in [9.17, 15) is 14.9 Å². The molecule has 7 nitrogen and oxygen atoms in total. The summed E-state index contributed by atoms with van der Waals surface area (Å²) >= 11 is 5.78. The number of hydrogen-bond donors (Lipinski definition) is 1. The summed E-state index contributed by atoms with van der Waals surface area (Å²) in [7, 11) is 0. The molecule has 0 saturated carbocycles.